The Morgan fingerprint density at radius 2 is 1.90 bits per heavy atom. The highest BCUT2D eigenvalue weighted by Crippen LogP contribution is 2.33. The predicted octanol–water partition coefficient (Wildman–Crippen LogP) is 2.45. The second-order valence-corrected chi connectivity index (χ2v) is 10.5. The number of allylic oxidation sites excluding steroid dienone is 1. The number of ether oxygens (including phenoxy) is 2. The fraction of sp³-hybridized carbons (Fsp3) is 0.600. The number of carbonyl (C=O) groups is 2. The first-order chi connectivity index (χ1) is 9.67. The molecule has 5 nitrogen and oxygen atoms in total. The van der Waals surface area contributed by atoms with Crippen LogP contribution in [0, 0.1) is 5.92 Å². The molecule has 2 unspecified atom stereocenters. The molecule has 0 aromatic rings. The quantitative estimate of drug-likeness (QED) is 0.443. The molecular weight excluding hydrogens is 288 g/mol. The van der Waals surface area contributed by atoms with Crippen LogP contribution >= 0.6 is 0 Å². The maximum absolute atomic E-state index is 11.9. The van der Waals surface area contributed by atoms with Gasteiger partial charge < -0.3 is 13.9 Å². The summed E-state index contributed by atoms with van der Waals surface area (Å²) in [7, 11) is 1.09. The van der Waals surface area contributed by atoms with E-state index in [1.807, 2.05) is 6.08 Å². The molecule has 2 atom stereocenters. The van der Waals surface area contributed by atoms with Crippen molar-refractivity contribution in [3.63, 3.8) is 0 Å². The summed E-state index contributed by atoms with van der Waals surface area (Å²) in [4.78, 5) is 23.4. The summed E-state index contributed by atoms with van der Waals surface area (Å²) in [5.74, 6) is -0.225. The van der Waals surface area contributed by atoms with Crippen LogP contribution in [-0.4, -0.2) is 40.4 Å². The molecule has 1 aliphatic carbocycles. The van der Waals surface area contributed by atoms with Gasteiger partial charge in [0.2, 0.25) is 8.32 Å². The molecule has 0 aliphatic heterocycles. The molecule has 0 spiro atoms. The molecule has 21 heavy (non-hydrogen) atoms. The molecule has 118 valence electrons. The molecule has 0 fully saturated rings. The number of carbonyl (C=O) groups excluding carboxylic acids is 2. The first-order valence-corrected chi connectivity index (χ1v) is 10.3. The molecule has 0 saturated heterocycles. The third-order valence-corrected chi connectivity index (χ3v) is 3.98. The van der Waals surface area contributed by atoms with Gasteiger partial charge in [0.1, 0.15) is 5.78 Å². The largest absolute Gasteiger partial charge is 0.547 e. The van der Waals surface area contributed by atoms with Crippen LogP contribution in [0.1, 0.15) is 13.3 Å². The van der Waals surface area contributed by atoms with E-state index in [0.29, 0.717) is 12.0 Å². The lowest BCUT2D eigenvalue weighted by molar-refractivity contribution is -0.134. The van der Waals surface area contributed by atoms with Gasteiger partial charge in [-0.15, -0.1) is 0 Å². The Morgan fingerprint density at radius 3 is 2.33 bits per heavy atom. The van der Waals surface area contributed by atoms with Gasteiger partial charge in [0.05, 0.1) is 24.9 Å². The van der Waals surface area contributed by atoms with E-state index in [9.17, 15) is 9.59 Å². The monoisotopic (exact) mass is 312 g/mol. The van der Waals surface area contributed by atoms with Crippen molar-refractivity contribution in [2.75, 3.05) is 14.2 Å². The fourth-order valence-electron chi connectivity index (χ4n) is 2.37. The molecule has 0 amide bonds. The molecule has 0 radical (unpaired) electrons. The van der Waals surface area contributed by atoms with E-state index in [1.54, 1.807) is 7.11 Å². The average Bonchev–Trinajstić information content (AvgIpc) is 2.35. The van der Waals surface area contributed by atoms with E-state index in [2.05, 4.69) is 24.4 Å². The van der Waals surface area contributed by atoms with Crippen LogP contribution in [0.2, 0.25) is 19.6 Å². The van der Waals surface area contributed by atoms with Crippen molar-refractivity contribution in [1.82, 2.24) is 0 Å². The van der Waals surface area contributed by atoms with Gasteiger partial charge in [-0.05, 0) is 38.2 Å². The Bertz CT molecular complexity index is 473. The highest BCUT2D eigenvalue weighted by molar-refractivity contribution is 6.70. The first kappa shape index (κ1) is 17.6. The molecule has 0 aromatic heterocycles. The van der Waals surface area contributed by atoms with E-state index >= 15 is 0 Å². The highest BCUT2D eigenvalue weighted by atomic mass is 28.4. The van der Waals surface area contributed by atoms with Crippen LogP contribution in [0.3, 0.4) is 0 Å². The average molecular weight is 312 g/mol. The molecule has 6 heteroatoms. The van der Waals surface area contributed by atoms with E-state index in [0.717, 1.165) is 5.76 Å². The lowest BCUT2D eigenvalue weighted by Gasteiger charge is -2.32. The van der Waals surface area contributed by atoms with E-state index in [-0.39, 0.29) is 5.78 Å². The van der Waals surface area contributed by atoms with Gasteiger partial charge >= 0.3 is 5.97 Å². The minimum Gasteiger partial charge on any atom is -0.547 e. The number of ketones is 1. The Kier molecular flexibility index (Phi) is 5.92. The summed E-state index contributed by atoms with van der Waals surface area (Å²) in [5.41, 5.74) is 0.678. The molecule has 1 aliphatic rings. The maximum Gasteiger partial charge on any atom is 0.330 e. The predicted molar refractivity (Wildman–Crippen MR) is 82.2 cm³/mol. The second-order valence-electron chi connectivity index (χ2n) is 6.06. The molecule has 0 saturated carbocycles. The first-order valence-electron chi connectivity index (χ1n) is 6.89. The molecule has 1 rings (SSSR count). The van der Waals surface area contributed by atoms with Gasteiger partial charge in [-0.2, -0.15) is 0 Å². The third kappa shape index (κ3) is 5.13. The number of hydrogen-bond donors (Lipinski definition) is 0. The third-order valence-electron chi connectivity index (χ3n) is 3.11. The van der Waals surface area contributed by atoms with Crippen LogP contribution < -0.4 is 0 Å². The molecule has 0 aromatic carbocycles. The normalized spacial score (nSPS) is 24.5. The van der Waals surface area contributed by atoms with Crippen LogP contribution in [0.15, 0.2) is 23.5 Å². The Balaban J connectivity index is 3.17. The van der Waals surface area contributed by atoms with Gasteiger partial charge in [0.25, 0.3) is 0 Å². The summed E-state index contributed by atoms with van der Waals surface area (Å²) in [6.45, 7) is 7.74. The minimum absolute atomic E-state index is 0.0414. The van der Waals surface area contributed by atoms with Crippen molar-refractivity contribution in [3.8, 4) is 0 Å². The molecule has 0 heterocycles. The van der Waals surface area contributed by atoms with Gasteiger partial charge in [0.15, 0.2) is 0 Å². The lowest BCUT2D eigenvalue weighted by Crippen LogP contribution is -2.35. The SMILES string of the molecule is COC(=O)/C=C1\CC(O[Si](C)(C)C)=CC(OC)C1C(C)=O. The molecule has 0 bridgehead atoms. The Labute approximate surface area is 127 Å². The van der Waals surface area contributed by atoms with Crippen molar-refractivity contribution in [2.24, 2.45) is 5.92 Å². The number of rotatable bonds is 5. The van der Waals surface area contributed by atoms with Crippen molar-refractivity contribution >= 4 is 20.1 Å². The number of Topliss-reactive ketones (excluding diaryl/α,β-unsaturated/α-hetero) is 1. The van der Waals surface area contributed by atoms with Crippen molar-refractivity contribution in [3.05, 3.63) is 23.5 Å². The van der Waals surface area contributed by atoms with Gasteiger partial charge in [-0.3, -0.25) is 4.79 Å². The van der Waals surface area contributed by atoms with Gasteiger partial charge in [-0.1, -0.05) is 0 Å². The summed E-state index contributed by atoms with van der Waals surface area (Å²) < 4.78 is 16.1. The summed E-state index contributed by atoms with van der Waals surface area (Å²) >= 11 is 0. The van der Waals surface area contributed by atoms with Crippen molar-refractivity contribution in [1.29, 1.82) is 0 Å². The standard InChI is InChI=1S/C15H24O5Si/c1-10(16)15-11(8-14(17)19-3)7-12(9-13(15)18-2)20-21(4,5)6/h8-9,13,15H,7H2,1-6H3/b11-8+. The Hall–Kier alpha value is -1.40. The van der Waals surface area contributed by atoms with Crippen LogP contribution in [0.4, 0.5) is 0 Å². The van der Waals surface area contributed by atoms with Gasteiger partial charge in [0, 0.05) is 19.6 Å². The second kappa shape index (κ2) is 7.04. The van der Waals surface area contributed by atoms with E-state index in [1.165, 1.54) is 20.1 Å². The fourth-order valence-corrected chi connectivity index (χ4v) is 3.30. The topological polar surface area (TPSA) is 61.8 Å². The van der Waals surface area contributed by atoms with Crippen molar-refractivity contribution in [2.45, 2.75) is 39.1 Å². The molecular formula is C15H24O5Si. The zero-order chi connectivity index (χ0) is 16.2. The van der Waals surface area contributed by atoms with Crippen LogP contribution in [-0.2, 0) is 23.5 Å². The Morgan fingerprint density at radius 1 is 1.29 bits per heavy atom. The number of hydrogen-bond acceptors (Lipinski definition) is 5. The lowest BCUT2D eigenvalue weighted by atomic mass is 9.82. The highest BCUT2D eigenvalue weighted by Gasteiger charge is 2.34. The summed E-state index contributed by atoms with van der Waals surface area (Å²) in [5, 5.41) is 0. The smallest absolute Gasteiger partial charge is 0.330 e. The van der Waals surface area contributed by atoms with E-state index in [4.69, 9.17) is 9.16 Å². The summed E-state index contributed by atoms with van der Waals surface area (Å²) in [6, 6.07) is 0. The minimum atomic E-state index is -1.77. The zero-order valence-electron chi connectivity index (χ0n) is 13.6. The van der Waals surface area contributed by atoms with Crippen LogP contribution in [0.5, 0.6) is 0 Å². The van der Waals surface area contributed by atoms with E-state index < -0.39 is 26.3 Å². The van der Waals surface area contributed by atoms with Crippen molar-refractivity contribution < 1.29 is 23.5 Å². The zero-order valence-corrected chi connectivity index (χ0v) is 14.6. The van der Waals surface area contributed by atoms with Crippen LogP contribution in [0.25, 0.3) is 0 Å². The maximum atomic E-state index is 11.9. The molecule has 0 N–H and O–H groups in total. The summed E-state index contributed by atoms with van der Waals surface area (Å²) in [6.07, 6.45) is 3.24. The number of esters is 1. The number of methoxy groups -OCH3 is 2. The van der Waals surface area contributed by atoms with Gasteiger partial charge in [-0.25, -0.2) is 4.79 Å².